The molecule has 0 spiro atoms. The maximum Gasteiger partial charge on any atom is 0.267 e. The van der Waals surface area contributed by atoms with E-state index in [-0.39, 0.29) is 18.2 Å². The van der Waals surface area contributed by atoms with Crippen LogP contribution in [0.2, 0.25) is 0 Å². The van der Waals surface area contributed by atoms with Crippen molar-refractivity contribution in [2.45, 2.75) is 19.4 Å². The average Bonchev–Trinajstić information content (AvgIpc) is 2.75. The van der Waals surface area contributed by atoms with Gasteiger partial charge in [0.15, 0.2) is 6.10 Å². The lowest BCUT2D eigenvalue weighted by Crippen LogP contribution is -2.45. The SMILES string of the molecule is CC1Oc2ccccc2N(CCC(=O)Nc2ccccc2-c2ccccc2)C1=O. The molecule has 1 heterocycles. The van der Waals surface area contributed by atoms with Crippen LogP contribution in [-0.4, -0.2) is 24.5 Å². The summed E-state index contributed by atoms with van der Waals surface area (Å²) in [5, 5.41) is 2.99. The molecular formula is C24H22N2O3. The van der Waals surface area contributed by atoms with Gasteiger partial charge in [0.25, 0.3) is 5.91 Å². The first kappa shape index (κ1) is 18.7. The van der Waals surface area contributed by atoms with Crippen molar-refractivity contribution >= 4 is 23.2 Å². The molecule has 4 rings (SSSR count). The molecule has 0 fully saturated rings. The first-order valence-electron chi connectivity index (χ1n) is 9.65. The molecule has 5 heteroatoms. The van der Waals surface area contributed by atoms with E-state index in [2.05, 4.69) is 5.32 Å². The summed E-state index contributed by atoms with van der Waals surface area (Å²) in [7, 11) is 0. The lowest BCUT2D eigenvalue weighted by molar-refractivity contribution is -0.125. The summed E-state index contributed by atoms with van der Waals surface area (Å²) in [6.45, 7) is 2.02. The van der Waals surface area contributed by atoms with E-state index in [0.717, 1.165) is 16.8 Å². The Labute approximate surface area is 169 Å². The molecule has 1 unspecified atom stereocenters. The molecule has 0 aliphatic carbocycles. The number of hydrogen-bond acceptors (Lipinski definition) is 3. The van der Waals surface area contributed by atoms with E-state index >= 15 is 0 Å². The van der Waals surface area contributed by atoms with E-state index in [1.807, 2.05) is 78.9 Å². The molecule has 1 aliphatic heterocycles. The van der Waals surface area contributed by atoms with Crippen molar-refractivity contribution in [2.24, 2.45) is 0 Å². The van der Waals surface area contributed by atoms with E-state index in [1.165, 1.54) is 0 Å². The van der Waals surface area contributed by atoms with Crippen LogP contribution in [-0.2, 0) is 9.59 Å². The summed E-state index contributed by atoms with van der Waals surface area (Å²) in [5.74, 6) is 0.383. The maximum absolute atomic E-state index is 12.7. The van der Waals surface area contributed by atoms with Gasteiger partial charge in [0.1, 0.15) is 5.75 Å². The highest BCUT2D eigenvalue weighted by Gasteiger charge is 2.31. The lowest BCUT2D eigenvalue weighted by Gasteiger charge is -2.32. The predicted molar refractivity (Wildman–Crippen MR) is 114 cm³/mol. The van der Waals surface area contributed by atoms with E-state index in [4.69, 9.17) is 4.74 Å². The first-order chi connectivity index (χ1) is 14.1. The van der Waals surface area contributed by atoms with Crippen molar-refractivity contribution in [1.29, 1.82) is 0 Å². The normalized spacial score (nSPS) is 15.4. The summed E-state index contributed by atoms with van der Waals surface area (Å²) in [6, 6.07) is 25.0. The average molecular weight is 386 g/mol. The second kappa shape index (κ2) is 8.19. The minimum atomic E-state index is -0.563. The van der Waals surface area contributed by atoms with Crippen LogP contribution in [0.5, 0.6) is 5.75 Å². The van der Waals surface area contributed by atoms with Gasteiger partial charge >= 0.3 is 0 Å². The Hall–Kier alpha value is -3.60. The fourth-order valence-electron chi connectivity index (χ4n) is 3.48. The summed E-state index contributed by atoms with van der Waals surface area (Å²) in [5.41, 5.74) is 3.45. The van der Waals surface area contributed by atoms with Crippen molar-refractivity contribution in [1.82, 2.24) is 0 Å². The van der Waals surface area contributed by atoms with Gasteiger partial charge in [0.05, 0.1) is 5.69 Å². The van der Waals surface area contributed by atoms with Gasteiger partial charge in [0, 0.05) is 24.2 Å². The van der Waals surface area contributed by atoms with Crippen LogP contribution >= 0.6 is 0 Å². The number of carbonyl (C=O) groups is 2. The number of carbonyl (C=O) groups excluding carboxylic acids is 2. The smallest absolute Gasteiger partial charge is 0.267 e. The zero-order valence-corrected chi connectivity index (χ0v) is 16.2. The highest BCUT2D eigenvalue weighted by Crippen LogP contribution is 2.34. The maximum atomic E-state index is 12.7. The number of rotatable bonds is 5. The second-order valence-electron chi connectivity index (χ2n) is 6.93. The fraction of sp³-hybridized carbons (Fsp3) is 0.167. The van der Waals surface area contributed by atoms with Crippen molar-refractivity contribution < 1.29 is 14.3 Å². The molecule has 1 N–H and O–H groups in total. The number of para-hydroxylation sites is 3. The van der Waals surface area contributed by atoms with E-state index in [9.17, 15) is 9.59 Å². The van der Waals surface area contributed by atoms with Gasteiger partial charge in [0.2, 0.25) is 5.91 Å². The molecule has 0 radical (unpaired) electrons. The number of nitrogens with one attached hydrogen (secondary N) is 1. The second-order valence-corrected chi connectivity index (χ2v) is 6.93. The minimum Gasteiger partial charge on any atom is -0.479 e. The Morgan fingerprint density at radius 3 is 2.48 bits per heavy atom. The molecule has 3 aromatic carbocycles. The molecule has 1 aliphatic rings. The Balaban J connectivity index is 1.47. The van der Waals surface area contributed by atoms with E-state index < -0.39 is 6.10 Å². The first-order valence-corrected chi connectivity index (χ1v) is 9.65. The molecule has 1 atom stereocenters. The van der Waals surface area contributed by atoms with Gasteiger partial charge in [-0.2, -0.15) is 0 Å². The number of benzene rings is 3. The third-order valence-electron chi connectivity index (χ3n) is 4.92. The monoisotopic (exact) mass is 386 g/mol. The standard InChI is InChI=1S/C24H22N2O3/c1-17-24(28)26(21-13-7-8-14-22(21)29-17)16-15-23(27)25-20-12-6-5-11-19(20)18-9-3-2-4-10-18/h2-14,17H,15-16H2,1H3,(H,25,27). The Bertz CT molecular complexity index is 1030. The predicted octanol–water partition coefficient (Wildman–Crippen LogP) is 4.50. The Kier molecular flexibility index (Phi) is 5.29. The number of amides is 2. The number of nitrogens with zero attached hydrogens (tertiary/aromatic N) is 1. The number of anilines is 2. The molecule has 146 valence electrons. The van der Waals surface area contributed by atoms with Gasteiger partial charge in [-0.25, -0.2) is 0 Å². The third-order valence-corrected chi connectivity index (χ3v) is 4.92. The summed E-state index contributed by atoms with van der Waals surface area (Å²) in [6.07, 6.45) is -0.373. The topological polar surface area (TPSA) is 58.6 Å². The van der Waals surface area contributed by atoms with Crippen molar-refractivity contribution in [3.05, 3.63) is 78.9 Å². The van der Waals surface area contributed by atoms with Gasteiger partial charge < -0.3 is 15.0 Å². The Morgan fingerprint density at radius 2 is 1.66 bits per heavy atom. The van der Waals surface area contributed by atoms with Gasteiger partial charge in [-0.05, 0) is 30.7 Å². The van der Waals surface area contributed by atoms with E-state index in [1.54, 1.807) is 11.8 Å². The van der Waals surface area contributed by atoms with E-state index in [0.29, 0.717) is 18.0 Å². The summed E-state index contributed by atoms with van der Waals surface area (Å²) in [4.78, 5) is 26.9. The van der Waals surface area contributed by atoms with Crippen LogP contribution in [0.15, 0.2) is 78.9 Å². The Morgan fingerprint density at radius 1 is 0.966 bits per heavy atom. The molecular weight excluding hydrogens is 364 g/mol. The van der Waals surface area contributed by atoms with Crippen LogP contribution < -0.4 is 15.0 Å². The van der Waals surface area contributed by atoms with Gasteiger partial charge in [-0.3, -0.25) is 9.59 Å². The fourth-order valence-corrected chi connectivity index (χ4v) is 3.48. The molecule has 0 saturated carbocycles. The minimum absolute atomic E-state index is 0.138. The largest absolute Gasteiger partial charge is 0.479 e. The quantitative estimate of drug-likeness (QED) is 0.703. The van der Waals surface area contributed by atoms with Crippen molar-refractivity contribution in [3.63, 3.8) is 0 Å². The lowest BCUT2D eigenvalue weighted by atomic mass is 10.0. The zero-order valence-electron chi connectivity index (χ0n) is 16.2. The molecule has 0 saturated heterocycles. The van der Waals surface area contributed by atoms with Crippen LogP contribution in [0.1, 0.15) is 13.3 Å². The zero-order chi connectivity index (χ0) is 20.2. The van der Waals surface area contributed by atoms with Crippen LogP contribution in [0.25, 0.3) is 11.1 Å². The number of ether oxygens (including phenoxy) is 1. The number of fused-ring (bicyclic) bond motifs is 1. The van der Waals surface area contributed by atoms with Crippen molar-refractivity contribution in [2.75, 3.05) is 16.8 Å². The molecule has 29 heavy (non-hydrogen) atoms. The number of hydrogen-bond donors (Lipinski definition) is 1. The molecule has 5 nitrogen and oxygen atoms in total. The van der Waals surface area contributed by atoms with Crippen LogP contribution in [0, 0.1) is 0 Å². The van der Waals surface area contributed by atoms with Gasteiger partial charge in [-0.15, -0.1) is 0 Å². The molecule has 3 aromatic rings. The highest BCUT2D eigenvalue weighted by molar-refractivity contribution is 6.01. The molecule has 0 bridgehead atoms. The third kappa shape index (κ3) is 3.99. The van der Waals surface area contributed by atoms with Crippen molar-refractivity contribution in [3.8, 4) is 16.9 Å². The summed E-state index contributed by atoms with van der Waals surface area (Å²) >= 11 is 0. The molecule has 0 aromatic heterocycles. The van der Waals surface area contributed by atoms with Crippen LogP contribution in [0.3, 0.4) is 0 Å². The van der Waals surface area contributed by atoms with Gasteiger partial charge in [-0.1, -0.05) is 60.7 Å². The molecule has 2 amide bonds. The highest BCUT2D eigenvalue weighted by atomic mass is 16.5. The summed E-state index contributed by atoms with van der Waals surface area (Å²) < 4.78 is 5.65. The van der Waals surface area contributed by atoms with Crippen LogP contribution in [0.4, 0.5) is 11.4 Å².